The topological polar surface area (TPSA) is 30.5 Å². The molecule has 0 spiro atoms. The Kier molecular flexibility index (Phi) is 3.56. The standard InChI is InChI=1S/C16H16FNO2/c1-11-5-6-14(17)7-13(11)9-18-8-12-3-2-4-15-16(12)20-10-19-15/h2-7,18H,8-10H2,1H3. The Morgan fingerprint density at radius 3 is 2.85 bits per heavy atom. The van der Waals surface area contributed by atoms with Crippen LogP contribution in [0.2, 0.25) is 0 Å². The summed E-state index contributed by atoms with van der Waals surface area (Å²) in [5.74, 6) is 1.38. The molecule has 0 radical (unpaired) electrons. The van der Waals surface area contributed by atoms with Gasteiger partial charge in [-0.1, -0.05) is 18.2 Å². The lowest BCUT2D eigenvalue weighted by Crippen LogP contribution is -2.14. The molecule has 1 N–H and O–H groups in total. The van der Waals surface area contributed by atoms with Crippen molar-refractivity contribution >= 4 is 0 Å². The van der Waals surface area contributed by atoms with Gasteiger partial charge in [0.2, 0.25) is 6.79 Å². The Labute approximate surface area is 117 Å². The fourth-order valence-electron chi connectivity index (χ4n) is 2.29. The third kappa shape index (κ3) is 2.60. The molecule has 0 aliphatic carbocycles. The molecule has 1 aliphatic rings. The Morgan fingerprint density at radius 2 is 1.95 bits per heavy atom. The first-order valence-corrected chi connectivity index (χ1v) is 6.57. The highest BCUT2D eigenvalue weighted by atomic mass is 19.1. The van der Waals surface area contributed by atoms with Crippen LogP contribution in [0.1, 0.15) is 16.7 Å². The summed E-state index contributed by atoms with van der Waals surface area (Å²) in [6.45, 7) is 3.53. The molecular formula is C16H16FNO2. The van der Waals surface area contributed by atoms with E-state index in [-0.39, 0.29) is 12.6 Å². The van der Waals surface area contributed by atoms with E-state index in [0.717, 1.165) is 28.2 Å². The van der Waals surface area contributed by atoms with Gasteiger partial charge in [0.25, 0.3) is 0 Å². The van der Waals surface area contributed by atoms with Gasteiger partial charge in [-0.25, -0.2) is 4.39 Å². The second-order valence-electron chi connectivity index (χ2n) is 4.83. The minimum Gasteiger partial charge on any atom is -0.454 e. The predicted molar refractivity (Wildman–Crippen MR) is 74.2 cm³/mol. The van der Waals surface area contributed by atoms with Crippen molar-refractivity contribution in [1.29, 1.82) is 0 Å². The number of nitrogens with one attached hydrogen (secondary N) is 1. The summed E-state index contributed by atoms with van der Waals surface area (Å²) >= 11 is 0. The molecular weight excluding hydrogens is 257 g/mol. The van der Waals surface area contributed by atoms with E-state index in [2.05, 4.69) is 5.32 Å². The van der Waals surface area contributed by atoms with Crippen LogP contribution in [0.15, 0.2) is 36.4 Å². The Bertz CT molecular complexity index is 628. The van der Waals surface area contributed by atoms with Gasteiger partial charge in [-0.05, 0) is 36.2 Å². The first kappa shape index (κ1) is 12.9. The normalized spacial score (nSPS) is 12.7. The zero-order valence-corrected chi connectivity index (χ0v) is 11.3. The van der Waals surface area contributed by atoms with Gasteiger partial charge in [-0.3, -0.25) is 0 Å². The lowest BCUT2D eigenvalue weighted by Gasteiger charge is -2.09. The van der Waals surface area contributed by atoms with Gasteiger partial charge in [0.15, 0.2) is 11.5 Å². The number of hydrogen-bond donors (Lipinski definition) is 1. The quantitative estimate of drug-likeness (QED) is 0.928. The number of rotatable bonds is 4. The van der Waals surface area contributed by atoms with Crippen molar-refractivity contribution in [1.82, 2.24) is 5.32 Å². The Balaban J connectivity index is 1.66. The van der Waals surface area contributed by atoms with Gasteiger partial charge < -0.3 is 14.8 Å². The van der Waals surface area contributed by atoms with Crippen molar-refractivity contribution < 1.29 is 13.9 Å². The SMILES string of the molecule is Cc1ccc(F)cc1CNCc1cccc2c1OCO2. The molecule has 20 heavy (non-hydrogen) atoms. The maximum atomic E-state index is 13.2. The largest absolute Gasteiger partial charge is 0.454 e. The van der Waals surface area contributed by atoms with Crippen molar-refractivity contribution in [3.05, 3.63) is 58.9 Å². The van der Waals surface area contributed by atoms with E-state index in [1.54, 1.807) is 12.1 Å². The zero-order valence-electron chi connectivity index (χ0n) is 11.3. The van der Waals surface area contributed by atoms with Crippen molar-refractivity contribution in [3.63, 3.8) is 0 Å². The molecule has 0 atom stereocenters. The Hall–Kier alpha value is -2.07. The molecule has 0 saturated carbocycles. The van der Waals surface area contributed by atoms with E-state index in [0.29, 0.717) is 13.1 Å². The van der Waals surface area contributed by atoms with Crippen LogP contribution in [0.25, 0.3) is 0 Å². The summed E-state index contributed by atoms with van der Waals surface area (Å²) in [7, 11) is 0. The van der Waals surface area contributed by atoms with E-state index in [1.165, 1.54) is 6.07 Å². The van der Waals surface area contributed by atoms with E-state index in [9.17, 15) is 4.39 Å². The molecule has 0 fully saturated rings. The third-order valence-corrected chi connectivity index (χ3v) is 3.42. The van der Waals surface area contributed by atoms with Crippen LogP contribution in [-0.2, 0) is 13.1 Å². The van der Waals surface area contributed by atoms with Crippen LogP contribution < -0.4 is 14.8 Å². The van der Waals surface area contributed by atoms with Crippen LogP contribution in [0.4, 0.5) is 4.39 Å². The number of aryl methyl sites for hydroxylation is 1. The van der Waals surface area contributed by atoms with E-state index in [1.807, 2.05) is 25.1 Å². The zero-order chi connectivity index (χ0) is 13.9. The summed E-state index contributed by atoms with van der Waals surface area (Å²) < 4.78 is 24.0. The monoisotopic (exact) mass is 273 g/mol. The summed E-state index contributed by atoms with van der Waals surface area (Å²) in [6, 6.07) is 10.7. The molecule has 2 aromatic rings. The second-order valence-corrected chi connectivity index (χ2v) is 4.83. The van der Waals surface area contributed by atoms with Crippen LogP contribution in [-0.4, -0.2) is 6.79 Å². The summed E-state index contributed by atoms with van der Waals surface area (Å²) in [4.78, 5) is 0. The molecule has 0 aromatic heterocycles. The van der Waals surface area contributed by atoms with E-state index >= 15 is 0 Å². The highest BCUT2D eigenvalue weighted by Crippen LogP contribution is 2.35. The molecule has 104 valence electrons. The number of benzene rings is 2. The number of hydrogen-bond acceptors (Lipinski definition) is 3. The molecule has 3 rings (SSSR count). The molecule has 0 unspecified atom stereocenters. The Morgan fingerprint density at radius 1 is 1.10 bits per heavy atom. The van der Waals surface area contributed by atoms with Crippen LogP contribution in [0.3, 0.4) is 0 Å². The number of fused-ring (bicyclic) bond motifs is 1. The maximum absolute atomic E-state index is 13.2. The van der Waals surface area contributed by atoms with Gasteiger partial charge >= 0.3 is 0 Å². The molecule has 1 heterocycles. The van der Waals surface area contributed by atoms with E-state index < -0.39 is 0 Å². The van der Waals surface area contributed by atoms with Crippen LogP contribution in [0, 0.1) is 12.7 Å². The molecule has 0 amide bonds. The van der Waals surface area contributed by atoms with Crippen molar-refractivity contribution in [3.8, 4) is 11.5 Å². The summed E-state index contributed by atoms with van der Waals surface area (Å²) in [6.07, 6.45) is 0. The number of halogens is 1. The highest BCUT2D eigenvalue weighted by Gasteiger charge is 2.16. The van der Waals surface area contributed by atoms with Gasteiger partial charge in [0.05, 0.1) is 0 Å². The van der Waals surface area contributed by atoms with Gasteiger partial charge in [-0.15, -0.1) is 0 Å². The van der Waals surface area contributed by atoms with Crippen molar-refractivity contribution in [2.24, 2.45) is 0 Å². The van der Waals surface area contributed by atoms with Gasteiger partial charge in [0, 0.05) is 18.7 Å². The smallest absolute Gasteiger partial charge is 0.231 e. The van der Waals surface area contributed by atoms with Crippen LogP contribution >= 0.6 is 0 Å². The summed E-state index contributed by atoms with van der Waals surface area (Å²) in [5.41, 5.74) is 3.10. The molecule has 2 aromatic carbocycles. The maximum Gasteiger partial charge on any atom is 0.231 e. The second kappa shape index (κ2) is 5.51. The van der Waals surface area contributed by atoms with Crippen LogP contribution in [0.5, 0.6) is 11.5 Å². The first-order valence-electron chi connectivity index (χ1n) is 6.57. The minimum atomic E-state index is -0.204. The van der Waals surface area contributed by atoms with E-state index in [4.69, 9.17) is 9.47 Å². The predicted octanol–water partition coefficient (Wildman–Crippen LogP) is 3.15. The lowest BCUT2D eigenvalue weighted by atomic mass is 10.1. The number of ether oxygens (including phenoxy) is 2. The molecule has 0 bridgehead atoms. The number of para-hydroxylation sites is 1. The van der Waals surface area contributed by atoms with Gasteiger partial charge in [0.1, 0.15) is 5.82 Å². The minimum absolute atomic E-state index is 0.204. The molecule has 4 heteroatoms. The summed E-state index contributed by atoms with van der Waals surface area (Å²) in [5, 5.41) is 3.31. The molecule has 3 nitrogen and oxygen atoms in total. The average Bonchev–Trinajstić information content (AvgIpc) is 2.92. The average molecular weight is 273 g/mol. The fourth-order valence-corrected chi connectivity index (χ4v) is 2.29. The third-order valence-electron chi connectivity index (χ3n) is 3.42. The fraction of sp³-hybridized carbons (Fsp3) is 0.250. The lowest BCUT2D eigenvalue weighted by molar-refractivity contribution is 0.173. The highest BCUT2D eigenvalue weighted by molar-refractivity contribution is 5.48. The van der Waals surface area contributed by atoms with Crippen molar-refractivity contribution in [2.75, 3.05) is 6.79 Å². The van der Waals surface area contributed by atoms with Gasteiger partial charge in [-0.2, -0.15) is 0 Å². The van der Waals surface area contributed by atoms with Crippen molar-refractivity contribution in [2.45, 2.75) is 20.0 Å². The molecule has 1 aliphatic heterocycles. The first-order chi connectivity index (χ1) is 9.74. The molecule has 0 saturated heterocycles.